The molecule has 0 aliphatic rings. The van der Waals surface area contributed by atoms with Crippen LogP contribution in [0.1, 0.15) is 13.8 Å². The highest BCUT2D eigenvalue weighted by atomic mass is 16.2. The number of amides is 1. The third kappa shape index (κ3) is 2.90. The summed E-state index contributed by atoms with van der Waals surface area (Å²) in [5.74, 6) is 0.563. The highest BCUT2D eigenvalue weighted by molar-refractivity contribution is 5.93. The number of aromatic nitrogens is 2. The largest absolute Gasteiger partial charge is 0.399 e. The van der Waals surface area contributed by atoms with E-state index in [1.54, 1.807) is 19.1 Å². The zero-order valence-corrected chi connectivity index (χ0v) is 11.0. The van der Waals surface area contributed by atoms with Gasteiger partial charge < -0.3 is 16.4 Å². The Morgan fingerprint density at radius 2 is 2.21 bits per heavy atom. The molecule has 0 bridgehead atoms. The maximum absolute atomic E-state index is 11.7. The predicted molar refractivity (Wildman–Crippen MR) is 75.7 cm³/mol. The van der Waals surface area contributed by atoms with Crippen molar-refractivity contribution < 1.29 is 4.79 Å². The summed E-state index contributed by atoms with van der Waals surface area (Å²) in [4.78, 5) is 20.0. The lowest BCUT2D eigenvalue weighted by molar-refractivity contribution is -0.121. The van der Waals surface area contributed by atoms with Crippen molar-refractivity contribution >= 4 is 28.3 Å². The van der Waals surface area contributed by atoms with Crippen LogP contribution in [0.4, 0.5) is 11.5 Å². The number of hydrogen-bond acceptors (Lipinski definition) is 5. The molecule has 6 nitrogen and oxygen atoms in total. The summed E-state index contributed by atoms with van der Waals surface area (Å²) in [5.41, 5.74) is 7.12. The molecule has 0 saturated carbocycles. The van der Waals surface area contributed by atoms with Gasteiger partial charge in [0.05, 0.1) is 5.52 Å². The topological polar surface area (TPSA) is 92.9 Å². The van der Waals surface area contributed by atoms with Crippen molar-refractivity contribution in [2.45, 2.75) is 19.9 Å². The van der Waals surface area contributed by atoms with Gasteiger partial charge in [-0.1, -0.05) is 0 Å². The fraction of sp³-hybridized carbons (Fsp3) is 0.308. The van der Waals surface area contributed by atoms with Crippen molar-refractivity contribution in [1.82, 2.24) is 15.3 Å². The summed E-state index contributed by atoms with van der Waals surface area (Å²) in [6.07, 6.45) is 1.45. The molecule has 0 aliphatic heterocycles. The highest BCUT2D eigenvalue weighted by Gasteiger charge is 2.13. The highest BCUT2D eigenvalue weighted by Crippen LogP contribution is 2.21. The molecule has 1 aromatic heterocycles. The van der Waals surface area contributed by atoms with Crippen molar-refractivity contribution in [2.24, 2.45) is 0 Å². The lowest BCUT2D eigenvalue weighted by Crippen LogP contribution is -2.37. The number of carbonyl (C=O) groups is 1. The van der Waals surface area contributed by atoms with E-state index >= 15 is 0 Å². The number of nitrogens with two attached hydrogens (primary N) is 1. The zero-order chi connectivity index (χ0) is 13.8. The van der Waals surface area contributed by atoms with Crippen LogP contribution in [0.25, 0.3) is 10.9 Å². The van der Waals surface area contributed by atoms with E-state index in [1.165, 1.54) is 6.33 Å². The summed E-state index contributed by atoms with van der Waals surface area (Å²) in [7, 11) is 0. The maximum Gasteiger partial charge on any atom is 0.242 e. The molecule has 0 aliphatic carbocycles. The molecule has 6 heteroatoms. The van der Waals surface area contributed by atoms with E-state index in [-0.39, 0.29) is 11.9 Å². The Balaban J connectivity index is 2.28. The molecule has 0 radical (unpaired) electrons. The van der Waals surface area contributed by atoms with Crippen LogP contribution in [0, 0.1) is 0 Å². The average molecular weight is 259 g/mol. The minimum atomic E-state index is -0.365. The fourth-order valence-corrected chi connectivity index (χ4v) is 1.79. The summed E-state index contributed by atoms with van der Waals surface area (Å²) in [5, 5.41) is 6.68. The Hall–Kier alpha value is -2.37. The number of anilines is 2. The van der Waals surface area contributed by atoms with E-state index in [9.17, 15) is 4.79 Å². The Bertz CT molecular complexity index is 599. The number of nitrogens with zero attached hydrogens (tertiary/aromatic N) is 2. The predicted octanol–water partition coefficient (Wildman–Crippen LogP) is 1.15. The quantitative estimate of drug-likeness (QED) is 0.716. The molecular formula is C13H17N5O. The van der Waals surface area contributed by atoms with Crippen LogP contribution in [0.5, 0.6) is 0 Å². The fourth-order valence-electron chi connectivity index (χ4n) is 1.79. The SMILES string of the molecule is CCNC(=O)C(C)Nc1ncnc2cc(N)ccc12. The molecular weight excluding hydrogens is 242 g/mol. The molecule has 100 valence electrons. The van der Waals surface area contributed by atoms with Crippen molar-refractivity contribution in [3.8, 4) is 0 Å². The van der Waals surface area contributed by atoms with Crippen LogP contribution >= 0.6 is 0 Å². The van der Waals surface area contributed by atoms with Gasteiger partial charge in [0, 0.05) is 17.6 Å². The second kappa shape index (κ2) is 5.51. The monoisotopic (exact) mass is 259 g/mol. The van der Waals surface area contributed by atoms with Gasteiger partial charge >= 0.3 is 0 Å². The Kier molecular flexibility index (Phi) is 3.79. The molecule has 1 aromatic carbocycles. The molecule has 1 atom stereocenters. The minimum absolute atomic E-state index is 0.0651. The summed E-state index contributed by atoms with van der Waals surface area (Å²) in [6.45, 7) is 4.27. The van der Waals surface area contributed by atoms with E-state index in [0.717, 1.165) is 10.9 Å². The van der Waals surface area contributed by atoms with E-state index < -0.39 is 0 Å². The minimum Gasteiger partial charge on any atom is -0.399 e. The number of benzene rings is 1. The number of rotatable bonds is 4. The number of carbonyl (C=O) groups excluding carboxylic acids is 1. The Morgan fingerprint density at radius 3 is 2.95 bits per heavy atom. The van der Waals surface area contributed by atoms with Gasteiger partial charge in [-0.25, -0.2) is 9.97 Å². The molecule has 1 unspecified atom stereocenters. The number of nitrogen functional groups attached to an aromatic ring is 1. The van der Waals surface area contributed by atoms with Crippen molar-refractivity contribution in [2.75, 3.05) is 17.6 Å². The van der Waals surface area contributed by atoms with Crippen LogP contribution in [0.15, 0.2) is 24.5 Å². The van der Waals surface area contributed by atoms with Crippen molar-refractivity contribution in [3.05, 3.63) is 24.5 Å². The zero-order valence-electron chi connectivity index (χ0n) is 11.0. The maximum atomic E-state index is 11.7. The molecule has 19 heavy (non-hydrogen) atoms. The third-order valence-electron chi connectivity index (χ3n) is 2.76. The summed E-state index contributed by atoms with van der Waals surface area (Å²) < 4.78 is 0. The molecule has 0 saturated heterocycles. The molecule has 2 rings (SSSR count). The number of likely N-dealkylation sites (N-methyl/N-ethyl adjacent to an activating group) is 1. The summed E-state index contributed by atoms with van der Waals surface area (Å²) >= 11 is 0. The first-order valence-corrected chi connectivity index (χ1v) is 6.16. The van der Waals surface area contributed by atoms with Crippen LogP contribution < -0.4 is 16.4 Å². The molecule has 1 heterocycles. The molecule has 2 aromatic rings. The lowest BCUT2D eigenvalue weighted by Gasteiger charge is -2.15. The van der Waals surface area contributed by atoms with Crippen molar-refractivity contribution in [3.63, 3.8) is 0 Å². The van der Waals surface area contributed by atoms with Gasteiger partial charge in [-0.05, 0) is 32.0 Å². The van der Waals surface area contributed by atoms with E-state index in [2.05, 4.69) is 20.6 Å². The van der Waals surface area contributed by atoms with E-state index in [4.69, 9.17) is 5.73 Å². The molecule has 4 N–H and O–H groups in total. The van der Waals surface area contributed by atoms with Gasteiger partial charge in [0.2, 0.25) is 5.91 Å². The van der Waals surface area contributed by atoms with E-state index in [0.29, 0.717) is 18.1 Å². The molecule has 0 fully saturated rings. The van der Waals surface area contributed by atoms with Gasteiger partial charge in [0.25, 0.3) is 0 Å². The van der Waals surface area contributed by atoms with Gasteiger partial charge in [0.1, 0.15) is 18.2 Å². The first-order chi connectivity index (χ1) is 9.11. The lowest BCUT2D eigenvalue weighted by atomic mass is 10.2. The van der Waals surface area contributed by atoms with Crippen LogP contribution in [-0.2, 0) is 4.79 Å². The van der Waals surface area contributed by atoms with Gasteiger partial charge in [-0.15, -0.1) is 0 Å². The Morgan fingerprint density at radius 1 is 1.42 bits per heavy atom. The number of hydrogen-bond donors (Lipinski definition) is 3. The smallest absolute Gasteiger partial charge is 0.242 e. The second-order valence-electron chi connectivity index (χ2n) is 4.26. The van der Waals surface area contributed by atoms with Gasteiger partial charge in [-0.3, -0.25) is 4.79 Å². The standard InChI is InChI=1S/C13H17N5O/c1-3-15-13(19)8(2)18-12-10-5-4-9(14)6-11(10)16-7-17-12/h4-8H,3,14H2,1-2H3,(H,15,19)(H,16,17,18). The molecule has 1 amide bonds. The Labute approximate surface area is 111 Å². The van der Waals surface area contributed by atoms with Crippen LogP contribution in [-0.4, -0.2) is 28.5 Å². The van der Waals surface area contributed by atoms with Gasteiger partial charge in [-0.2, -0.15) is 0 Å². The number of fused-ring (bicyclic) bond motifs is 1. The third-order valence-corrected chi connectivity index (χ3v) is 2.76. The second-order valence-corrected chi connectivity index (χ2v) is 4.26. The first kappa shape index (κ1) is 13.1. The van der Waals surface area contributed by atoms with Crippen LogP contribution in [0.3, 0.4) is 0 Å². The molecule has 0 spiro atoms. The van der Waals surface area contributed by atoms with E-state index in [1.807, 2.05) is 13.0 Å². The normalized spacial score (nSPS) is 12.1. The number of nitrogens with one attached hydrogen (secondary N) is 2. The first-order valence-electron chi connectivity index (χ1n) is 6.16. The van der Waals surface area contributed by atoms with Crippen LogP contribution in [0.2, 0.25) is 0 Å². The summed E-state index contributed by atoms with van der Waals surface area (Å²) in [6, 6.07) is 5.04. The average Bonchev–Trinajstić information content (AvgIpc) is 2.38. The van der Waals surface area contributed by atoms with Gasteiger partial charge in [0.15, 0.2) is 0 Å². The van der Waals surface area contributed by atoms with Crippen molar-refractivity contribution in [1.29, 1.82) is 0 Å².